The molecule has 3 fully saturated rings. The molecule has 3 heterocycles. The molecule has 0 spiro atoms. The smallest absolute Gasteiger partial charge is 0.249 e. The Morgan fingerprint density at radius 2 is 1.85 bits per heavy atom. The monoisotopic (exact) mass is 366 g/mol. The molecule has 0 N–H and O–H groups in total. The summed E-state index contributed by atoms with van der Waals surface area (Å²) in [5.74, 6) is 0.893. The second-order valence-electron chi connectivity index (χ2n) is 8.09. The van der Waals surface area contributed by atoms with Crippen molar-refractivity contribution in [2.45, 2.75) is 64.5 Å². The molecule has 2 amide bonds. The molecule has 0 saturated carbocycles. The van der Waals surface area contributed by atoms with Crippen LogP contribution in [0.5, 0.6) is 0 Å². The van der Waals surface area contributed by atoms with Gasteiger partial charge in [0.1, 0.15) is 6.61 Å². The van der Waals surface area contributed by atoms with Crippen molar-refractivity contribution in [3.63, 3.8) is 0 Å². The van der Waals surface area contributed by atoms with Gasteiger partial charge in [-0.2, -0.15) is 0 Å². The Morgan fingerprint density at radius 3 is 2.46 bits per heavy atom. The summed E-state index contributed by atoms with van der Waals surface area (Å²) in [6.45, 7) is 7.12. The minimum atomic E-state index is -0.390. The number of nitrogens with zero attached hydrogens (tertiary/aromatic N) is 2. The van der Waals surface area contributed by atoms with Crippen molar-refractivity contribution in [3.05, 3.63) is 0 Å². The molecular formula is C20H34N2O4. The van der Waals surface area contributed by atoms with Crippen LogP contribution in [0.25, 0.3) is 0 Å². The maximum Gasteiger partial charge on any atom is 0.249 e. The Hall–Kier alpha value is -1.14. The summed E-state index contributed by atoms with van der Waals surface area (Å²) in [6, 6.07) is 0.262. The van der Waals surface area contributed by atoms with Crippen LogP contribution in [0.4, 0.5) is 0 Å². The van der Waals surface area contributed by atoms with E-state index in [1.54, 1.807) is 7.11 Å². The number of fused-ring (bicyclic) bond motifs is 2. The first-order valence-corrected chi connectivity index (χ1v) is 10.2. The number of hydrogen-bond donors (Lipinski definition) is 0. The van der Waals surface area contributed by atoms with Gasteiger partial charge in [-0.3, -0.25) is 9.59 Å². The number of rotatable bonds is 7. The number of amides is 2. The number of ether oxygens (including phenoxy) is 2. The fourth-order valence-corrected chi connectivity index (χ4v) is 5.44. The third kappa shape index (κ3) is 3.38. The molecule has 0 aliphatic carbocycles. The van der Waals surface area contributed by atoms with E-state index in [1.807, 2.05) is 11.8 Å². The molecule has 2 bridgehead atoms. The lowest BCUT2D eigenvalue weighted by molar-refractivity contribution is -0.147. The van der Waals surface area contributed by atoms with E-state index in [1.165, 1.54) is 0 Å². The molecule has 148 valence electrons. The molecule has 26 heavy (non-hydrogen) atoms. The van der Waals surface area contributed by atoms with Gasteiger partial charge in [0.15, 0.2) is 0 Å². The highest BCUT2D eigenvalue weighted by Crippen LogP contribution is 2.53. The number of carbonyl (C=O) groups is 2. The van der Waals surface area contributed by atoms with Crippen molar-refractivity contribution in [1.29, 1.82) is 0 Å². The second-order valence-corrected chi connectivity index (χ2v) is 8.09. The SMILES string of the molecule is CCOCC(=O)N1[C@H]2CC[C@@H]1[C@](CC)(C(=O)N1CCC(COC)CC1)C2. The summed E-state index contributed by atoms with van der Waals surface area (Å²) in [6.07, 6.45) is 5.63. The molecule has 0 unspecified atom stereocenters. The first kappa shape index (κ1) is 19.6. The van der Waals surface area contributed by atoms with Gasteiger partial charge in [-0.05, 0) is 51.4 Å². The highest BCUT2D eigenvalue weighted by atomic mass is 16.5. The third-order valence-electron chi connectivity index (χ3n) is 6.82. The average molecular weight is 367 g/mol. The Bertz CT molecular complexity index is 518. The van der Waals surface area contributed by atoms with E-state index in [0.717, 1.165) is 58.2 Å². The maximum atomic E-state index is 13.5. The lowest BCUT2D eigenvalue weighted by Crippen LogP contribution is -2.53. The second kappa shape index (κ2) is 8.26. The summed E-state index contributed by atoms with van der Waals surface area (Å²) in [5, 5.41) is 0. The van der Waals surface area contributed by atoms with Crippen molar-refractivity contribution in [2.24, 2.45) is 11.3 Å². The normalized spacial score (nSPS) is 31.7. The van der Waals surface area contributed by atoms with Crippen LogP contribution >= 0.6 is 0 Å². The lowest BCUT2D eigenvalue weighted by atomic mass is 9.70. The molecule has 6 heteroatoms. The minimum Gasteiger partial charge on any atom is -0.384 e. The van der Waals surface area contributed by atoms with Crippen LogP contribution in [0, 0.1) is 11.3 Å². The molecule has 0 aromatic rings. The predicted molar refractivity (Wildman–Crippen MR) is 98.7 cm³/mol. The number of likely N-dealkylation sites (tertiary alicyclic amines) is 1. The van der Waals surface area contributed by atoms with E-state index in [-0.39, 0.29) is 35.9 Å². The summed E-state index contributed by atoms with van der Waals surface area (Å²) < 4.78 is 10.6. The molecule has 3 rings (SSSR count). The van der Waals surface area contributed by atoms with Gasteiger partial charge in [0.25, 0.3) is 0 Å². The van der Waals surface area contributed by atoms with Crippen LogP contribution in [-0.4, -0.2) is 73.7 Å². The molecule has 0 aromatic carbocycles. The topological polar surface area (TPSA) is 59.1 Å². The molecule has 3 aliphatic heterocycles. The number of piperidine rings is 1. The maximum absolute atomic E-state index is 13.5. The zero-order chi connectivity index (χ0) is 18.7. The third-order valence-corrected chi connectivity index (χ3v) is 6.82. The average Bonchev–Trinajstić information content (AvgIpc) is 3.23. The number of hydrogen-bond acceptors (Lipinski definition) is 4. The van der Waals surface area contributed by atoms with E-state index < -0.39 is 0 Å². The van der Waals surface area contributed by atoms with Crippen LogP contribution < -0.4 is 0 Å². The van der Waals surface area contributed by atoms with Crippen molar-refractivity contribution < 1.29 is 19.1 Å². The van der Waals surface area contributed by atoms with Crippen LogP contribution in [-0.2, 0) is 19.1 Å². The van der Waals surface area contributed by atoms with Gasteiger partial charge in [-0.1, -0.05) is 6.92 Å². The number of carbonyl (C=O) groups excluding carboxylic acids is 2. The van der Waals surface area contributed by atoms with E-state index in [9.17, 15) is 9.59 Å². The van der Waals surface area contributed by atoms with Crippen LogP contribution in [0.2, 0.25) is 0 Å². The zero-order valence-electron chi connectivity index (χ0n) is 16.5. The standard InChI is InChI=1S/C20H34N2O4/c1-4-20(19(24)21-10-8-15(9-11-21)13-25-3)12-16-6-7-17(20)22(16)18(23)14-26-5-2/h15-17H,4-14H2,1-3H3/t16-,17+,20+/m0/s1. The van der Waals surface area contributed by atoms with Crippen LogP contribution in [0.15, 0.2) is 0 Å². The summed E-state index contributed by atoms with van der Waals surface area (Å²) in [4.78, 5) is 30.2. The van der Waals surface area contributed by atoms with Gasteiger partial charge < -0.3 is 19.3 Å². The summed E-state index contributed by atoms with van der Waals surface area (Å²) in [5.41, 5.74) is -0.390. The van der Waals surface area contributed by atoms with E-state index in [4.69, 9.17) is 9.47 Å². The Morgan fingerprint density at radius 1 is 1.12 bits per heavy atom. The van der Waals surface area contributed by atoms with Crippen LogP contribution in [0.3, 0.4) is 0 Å². The van der Waals surface area contributed by atoms with Crippen LogP contribution in [0.1, 0.15) is 52.4 Å². The zero-order valence-corrected chi connectivity index (χ0v) is 16.5. The molecule has 3 atom stereocenters. The first-order valence-electron chi connectivity index (χ1n) is 10.2. The van der Waals surface area contributed by atoms with Gasteiger partial charge in [-0.25, -0.2) is 0 Å². The molecule has 0 radical (unpaired) electrons. The Kier molecular flexibility index (Phi) is 6.23. The highest BCUT2D eigenvalue weighted by Gasteiger charge is 2.61. The van der Waals surface area contributed by atoms with Crippen molar-refractivity contribution in [2.75, 3.05) is 40.0 Å². The highest BCUT2D eigenvalue weighted by molar-refractivity contribution is 5.87. The molecule has 0 aromatic heterocycles. The summed E-state index contributed by atoms with van der Waals surface area (Å²) in [7, 11) is 1.74. The molecule has 3 aliphatic rings. The fourth-order valence-electron chi connectivity index (χ4n) is 5.44. The lowest BCUT2D eigenvalue weighted by Gasteiger charge is -2.41. The van der Waals surface area contributed by atoms with Crippen molar-refractivity contribution in [3.8, 4) is 0 Å². The largest absolute Gasteiger partial charge is 0.384 e. The Labute approximate surface area is 157 Å². The molecular weight excluding hydrogens is 332 g/mol. The fraction of sp³-hybridized carbons (Fsp3) is 0.900. The quantitative estimate of drug-likeness (QED) is 0.692. The Balaban J connectivity index is 1.69. The van der Waals surface area contributed by atoms with Gasteiger partial charge in [0, 0.05) is 45.5 Å². The van der Waals surface area contributed by atoms with E-state index in [2.05, 4.69) is 11.8 Å². The first-order chi connectivity index (χ1) is 12.6. The van der Waals surface area contributed by atoms with Gasteiger partial charge >= 0.3 is 0 Å². The van der Waals surface area contributed by atoms with E-state index >= 15 is 0 Å². The number of methoxy groups -OCH3 is 1. The van der Waals surface area contributed by atoms with Gasteiger partial charge in [0.05, 0.1) is 5.41 Å². The molecule has 6 nitrogen and oxygen atoms in total. The van der Waals surface area contributed by atoms with Crippen molar-refractivity contribution in [1.82, 2.24) is 9.80 Å². The predicted octanol–water partition coefficient (Wildman–Crippen LogP) is 2.07. The van der Waals surface area contributed by atoms with Crippen molar-refractivity contribution >= 4 is 11.8 Å². The minimum absolute atomic E-state index is 0.0506. The molecule has 3 saturated heterocycles. The van der Waals surface area contributed by atoms with Gasteiger partial charge in [-0.15, -0.1) is 0 Å². The van der Waals surface area contributed by atoms with Gasteiger partial charge in [0.2, 0.25) is 11.8 Å². The summed E-state index contributed by atoms with van der Waals surface area (Å²) >= 11 is 0. The van der Waals surface area contributed by atoms with E-state index in [0.29, 0.717) is 12.5 Å².